The molecule has 1 aliphatic rings. The van der Waals surface area contributed by atoms with Crippen molar-refractivity contribution in [1.82, 2.24) is 10.6 Å². The monoisotopic (exact) mass is 290 g/mol. The van der Waals surface area contributed by atoms with Crippen molar-refractivity contribution < 1.29 is 9.53 Å². The van der Waals surface area contributed by atoms with Crippen LogP contribution in [0.3, 0.4) is 0 Å². The molecule has 0 aliphatic carbocycles. The largest absolute Gasteiger partial charge is 0.496 e. The Balaban J connectivity index is 1.79. The van der Waals surface area contributed by atoms with Crippen molar-refractivity contribution >= 4 is 5.91 Å². The molecule has 1 aliphatic heterocycles. The second-order valence-corrected chi connectivity index (χ2v) is 5.66. The van der Waals surface area contributed by atoms with Crippen molar-refractivity contribution in [2.45, 2.75) is 38.6 Å². The highest BCUT2D eigenvalue weighted by molar-refractivity contribution is 5.81. The lowest BCUT2D eigenvalue weighted by molar-refractivity contribution is -0.124. The Morgan fingerprint density at radius 2 is 2.24 bits per heavy atom. The lowest BCUT2D eigenvalue weighted by atomic mass is 9.90. The molecule has 2 rings (SSSR count). The highest BCUT2D eigenvalue weighted by atomic mass is 16.5. The van der Waals surface area contributed by atoms with E-state index in [0.717, 1.165) is 37.1 Å². The molecule has 0 bridgehead atoms. The van der Waals surface area contributed by atoms with Gasteiger partial charge in [0.1, 0.15) is 5.75 Å². The summed E-state index contributed by atoms with van der Waals surface area (Å²) >= 11 is 0. The summed E-state index contributed by atoms with van der Waals surface area (Å²) in [6.07, 6.45) is 4.09. The van der Waals surface area contributed by atoms with E-state index in [2.05, 4.69) is 17.6 Å². The van der Waals surface area contributed by atoms with Gasteiger partial charge in [0.05, 0.1) is 13.2 Å². The van der Waals surface area contributed by atoms with Gasteiger partial charge in [0.15, 0.2) is 0 Å². The first kappa shape index (κ1) is 15.8. The van der Waals surface area contributed by atoms with Crippen LogP contribution in [-0.2, 0) is 11.2 Å². The van der Waals surface area contributed by atoms with Gasteiger partial charge in [-0.25, -0.2) is 0 Å². The number of amides is 1. The molecule has 1 amide bonds. The Morgan fingerprint density at radius 3 is 3.00 bits per heavy atom. The summed E-state index contributed by atoms with van der Waals surface area (Å²) in [5, 5.41) is 6.36. The number of piperidine rings is 1. The molecule has 1 heterocycles. The zero-order valence-electron chi connectivity index (χ0n) is 13.0. The first-order valence-corrected chi connectivity index (χ1v) is 7.87. The molecular weight excluding hydrogens is 264 g/mol. The molecule has 2 N–H and O–H groups in total. The zero-order chi connectivity index (χ0) is 15.1. The summed E-state index contributed by atoms with van der Waals surface area (Å²) < 4.78 is 5.32. The van der Waals surface area contributed by atoms with Gasteiger partial charge in [0.25, 0.3) is 0 Å². The molecule has 2 atom stereocenters. The second-order valence-electron chi connectivity index (χ2n) is 5.66. The Kier molecular flexibility index (Phi) is 6.05. The molecule has 116 valence electrons. The van der Waals surface area contributed by atoms with Gasteiger partial charge in [-0.05, 0) is 43.4 Å². The van der Waals surface area contributed by atoms with Crippen molar-refractivity contribution in [2.24, 2.45) is 5.92 Å². The predicted octanol–water partition coefficient (Wildman–Crippen LogP) is 2.13. The van der Waals surface area contributed by atoms with Gasteiger partial charge in [-0.2, -0.15) is 0 Å². The number of ether oxygens (including phenoxy) is 1. The molecule has 0 aromatic heterocycles. The van der Waals surface area contributed by atoms with Gasteiger partial charge in [-0.3, -0.25) is 4.79 Å². The molecule has 1 fully saturated rings. The Bertz CT molecular complexity index is 462. The lowest BCUT2D eigenvalue weighted by Crippen LogP contribution is -2.49. The molecular formula is C17H26N2O2. The third-order valence-corrected chi connectivity index (χ3v) is 4.29. The number of methoxy groups -OCH3 is 1. The van der Waals surface area contributed by atoms with Gasteiger partial charge in [0.2, 0.25) is 5.91 Å². The molecule has 0 saturated carbocycles. The Labute approximate surface area is 127 Å². The molecule has 0 radical (unpaired) electrons. The number of hydrogen-bond acceptors (Lipinski definition) is 3. The second kappa shape index (κ2) is 8.03. The van der Waals surface area contributed by atoms with Crippen molar-refractivity contribution in [1.29, 1.82) is 0 Å². The number of nitrogens with one attached hydrogen (secondary N) is 2. The zero-order valence-corrected chi connectivity index (χ0v) is 13.0. The van der Waals surface area contributed by atoms with Gasteiger partial charge >= 0.3 is 0 Å². The first-order valence-electron chi connectivity index (χ1n) is 7.87. The number of benzene rings is 1. The maximum absolute atomic E-state index is 12.2. The Hall–Kier alpha value is -1.55. The number of carbonyl (C=O) groups is 1. The molecule has 1 aromatic carbocycles. The molecule has 1 saturated heterocycles. The maximum atomic E-state index is 12.2. The molecule has 0 spiro atoms. The maximum Gasteiger partial charge on any atom is 0.237 e. The molecule has 21 heavy (non-hydrogen) atoms. The SMILES string of the molecule is CCC1CCNC(C(=O)NCCc2ccccc2OC)C1. The van der Waals surface area contributed by atoms with Crippen LogP contribution in [0.4, 0.5) is 0 Å². The summed E-state index contributed by atoms with van der Waals surface area (Å²) in [5.74, 6) is 1.69. The summed E-state index contributed by atoms with van der Waals surface area (Å²) in [5.41, 5.74) is 1.13. The van der Waals surface area contributed by atoms with Gasteiger partial charge in [-0.15, -0.1) is 0 Å². The number of carbonyl (C=O) groups excluding carboxylic acids is 1. The van der Waals surface area contributed by atoms with Crippen LogP contribution in [0.5, 0.6) is 5.75 Å². The van der Waals surface area contributed by atoms with Crippen LogP contribution in [0.25, 0.3) is 0 Å². The van der Waals surface area contributed by atoms with E-state index >= 15 is 0 Å². The van der Waals surface area contributed by atoms with Crippen LogP contribution >= 0.6 is 0 Å². The normalized spacial score (nSPS) is 21.8. The van der Waals surface area contributed by atoms with Crippen molar-refractivity contribution in [3.63, 3.8) is 0 Å². The van der Waals surface area contributed by atoms with Gasteiger partial charge < -0.3 is 15.4 Å². The summed E-state index contributed by atoms with van der Waals surface area (Å²) in [7, 11) is 1.67. The topological polar surface area (TPSA) is 50.4 Å². The highest BCUT2D eigenvalue weighted by Crippen LogP contribution is 2.20. The first-order chi connectivity index (χ1) is 10.2. The van der Waals surface area contributed by atoms with Crippen LogP contribution in [0, 0.1) is 5.92 Å². The van der Waals surface area contributed by atoms with Crippen LogP contribution in [0.1, 0.15) is 31.7 Å². The standard InChI is InChI=1S/C17H26N2O2/c1-3-13-8-10-18-15(12-13)17(20)19-11-9-14-6-4-5-7-16(14)21-2/h4-7,13,15,18H,3,8-12H2,1-2H3,(H,19,20). The van der Waals surface area contributed by atoms with E-state index in [1.165, 1.54) is 6.42 Å². The molecule has 4 heteroatoms. The van der Waals surface area contributed by atoms with Gasteiger partial charge in [0, 0.05) is 6.54 Å². The molecule has 4 nitrogen and oxygen atoms in total. The number of hydrogen-bond donors (Lipinski definition) is 2. The summed E-state index contributed by atoms with van der Waals surface area (Å²) in [4.78, 5) is 12.2. The summed E-state index contributed by atoms with van der Waals surface area (Å²) in [6, 6.07) is 7.91. The van der Waals surface area contributed by atoms with Crippen LogP contribution < -0.4 is 15.4 Å². The van der Waals surface area contributed by atoms with E-state index in [1.807, 2.05) is 24.3 Å². The minimum atomic E-state index is -0.0265. The predicted molar refractivity (Wildman–Crippen MR) is 84.5 cm³/mol. The van der Waals surface area contributed by atoms with Crippen molar-refractivity contribution in [3.05, 3.63) is 29.8 Å². The fourth-order valence-corrected chi connectivity index (χ4v) is 2.92. The average Bonchev–Trinajstić information content (AvgIpc) is 2.55. The molecule has 1 aromatic rings. The molecule has 2 unspecified atom stereocenters. The van der Waals surface area contributed by atoms with E-state index in [-0.39, 0.29) is 11.9 Å². The van der Waals surface area contributed by atoms with Crippen LogP contribution in [-0.4, -0.2) is 32.1 Å². The minimum absolute atomic E-state index is 0.0265. The van der Waals surface area contributed by atoms with E-state index in [9.17, 15) is 4.79 Å². The summed E-state index contributed by atoms with van der Waals surface area (Å²) in [6.45, 7) is 3.80. The number of rotatable bonds is 6. The van der Waals surface area contributed by atoms with Crippen molar-refractivity contribution in [2.75, 3.05) is 20.2 Å². The fraction of sp³-hybridized carbons (Fsp3) is 0.588. The van der Waals surface area contributed by atoms with Crippen molar-refractivity contribution in [3.8, 4) is 5.75 Å². The van der Waals surface area contributed by atoms with E-state index in [1.54, 1.807) is 7.11 Å². The smallest absolute Gasteiger partial charge is 0.237 e. The van der Waals surface area contributed by atoms with E-state index in [4.69, 9.17) is 4.74 Å². The van der Waals surface area contributed by atoms with Gasteiger partial charge in [-0.1, -0.05) is 31.5 Å². The third kappa shape index (κ3) is 4.46. The van der Waals surface area contributed by atoms with Crippen LogP contribution in [0.15, 0.2) is 24.3 Å². The quantitative estimate of drug-likeness (QED) is 0.844. The fourth-order valence-electron chi connectivity index (χ4n) is 2.92. The van der Waals surface area contributed by atoms with Crippen LogP contribution in [0.2, 0.25) is 0 Å². The third-order valence-electron chi connectivity index (χ3n) is 4.29. The Morgan fingerprint density at radius 1 is 1.43 bits per heavy atom. The average molecular weight is 290 g/mol. The highest BCUT2D eigenvalue weighted by Gasteiger charge is 2.25. The van der Waals surface area contributed by atoms with E-state index in [0.29, 0.717) is 12.5 Å². The lowest BCUT2D eigenvalue weighted by Gasteiger charge is -2.28. The number of para-hydroxylation sites is 1. The van der Waals surface area contributed by atoms with E-state index < -0.39 is 0 Å². The minimum Gasteiger partial charge on any atom is -0.496 e.